The Balaban J connectivity index is 2.20. The average Bonchev–Trinajstić information content (AvgIpc) is 2.82. The highest BCUT2D eigenvalue weighted by molar-refractivity contribution is 7.17. The molecule has 0 saturated heterocycles. The number of thiophene rings is 1. The molecule has 1 aromatic heterocycles. The molecule has 0 saturated carbocycles. The first-order valence-corrected chi connectivity index (χ1v) is 6.99. The van der Waals surface area contributed by atoms with E-state index in [1.54, 1.807) is 29.5 Å². The maximum absolute atomic E-state index is 12.6. The van der Waals surface area contributed by atoms with Crippen LogP contribution in [0.4, 0.5) is 5.69 Å². The van der Waals surface area contributed by atoms with Gasteiger partial charge in [0.05, 0.1) is 10.6 Å². The number of nitrogen functional groups attached to an aromatic ring is 1. The van der Waals surface area contributed by atoms with E-state index in [9.17, 15) is 4.79 Å². The second kappa shape index (κ2) is 4.68. The Morgan fingerprint density at radius 3 is 2.68 bits per heavy atom. The number of carbonyl (C=O) groups excluding carboxylic acids is 1. The van der Waals surface area contributed by atoms with Crippen LogP contribution in [0, 0.1) is 0 Å². The van der Waals surface area contributed by atoms with E-state index in [2.05, 4.69) is 0 Å². The molecule has 2 nitrogen and oxygen atoms in total. The van der Waals surface area contributed by atoms with E-state index in [0.29, 0.717) is 21.8 Å². The number of nitrogens with two attached hydrogens (primary N) is 1. The van der Waals surface area contributed by atoms with Gasteiger partial charge in [-0.1, -0.05) is 35.9 Å². The fraction of sp³-hybridized carbons (Fsp3) is 0. The van der Waals surface area contributed by atoms with Gasteiger partial charge in [-0.2, -0.15) is 0 Å². The molecule has 0 aliphatic rings. The van der Waals surface area contributed by atoms with Crippen LogP contribution in [0.1, 0.15) is 15.9 Å². The van der Waals surface area contributed by atoms with Crippen molar-refractivity contribution in [3.05, 3.63) is 64.0 Å². The third-order valence-corrected chi connectivity index (χ3v) is 4.28. The molecule has 2 N–H and O–H groups in total. The van der Waals surface area contributed by atoms with Crippen LogP contribution in [-0.2, 0) is 0 Å². The van der Waals surface area contributed by atoms with Gasteiger partial charge in [0.1, 0.15) is 0 Å². The first-order valence-electron chi connectivity index (χ1n) is 5.73. The molecule has 0 aliphatic heterocycles. The Bertz CT molecular complexity index is 758. The summed E-state index contributed by atoms with van der Waals surface area (Å²) in [6.07, 6.45) is 0. The molecule has 2 aromatic carbocycles. The lowest BCUT2D eigenvalue weighted by Gasteiger charge is -2.06. The van der Waals surface area contributed by atoms with E-state index in [1.165, 1.54) is 0 Å². The summed E-state index contributed by atoms with van der Waals surface area (Å²) < 4.78 is 1.08. The van der Waals surface area contributed by atoms with Crippen LogP contribution in [0.25, 0.3) is 10.1 Å². The fourth-order valence-electron chi connectivity index (χ4n) is 2.07. The van der Waals surface area contributed by atoms with Gasteiger partial charge in [0.2, 0.25) is 0 Å². The Morgan fingerprint density at radius 1 is 1.11 bits per heavy atom. The van der Waals surface area contributed by atoms with E-state index >= 15 is 0 Å². The second-order valence-electron chi connectivity index (χ2n) is 4.18. The Morgan fingerprint density at radius 2 is 1.89 bits per heavy atom. The highest BCUT2D eigenvalue weighted by atomic mass is 35.5. The molecular formula is C15H10ClNOS. The van der Waals surface area contributed by atoms with Gasteiger partial charge < -0.3 is 5.73 Å². The molecule has 19 heavy (non-hydrogen) atoms. The maximum atomic E-state index is 12.6. The zero-order chi connectivity index (χ0) is 13.4. The van der Waals surface area contributed by atoms with Crippen molar-refractivity contribution in [1.82, 2.24) is 0 Å². The van der Waals surface area contributed by atoms with Crippen LogP contribution in [0.3, 0.4) is 0 Å². The van der Waals surface area contributed by atoms with Crippen LogP contribution in [0.2, 0.25) is 5.02 Å². The van der Waals surface area contributed by atoms with Crippen LogP contribution in [-0.4, -0.2) is 5.78 Å². The summed E-state index contributed by atoms with van der Waals surface area (Å²) in [6, 6.07) is 12.9. The number of hydrogen-bond donors (Lipinski definition) is 1. The maximum Gasteiger partial charge on any atom is 0.198 e. The van der Waals surface area contributed by atoms with Crippen molar-refractivity contribution in [2.45, 2.75) is 0 Å². The smallest absolute Gasteiger partial charge is 0.198 e. The Labute approximate surface area is 119 Å². The number of hydrogen-bond acceptors (Lipinski definition) is 3. The molecule has 3 rings (SSSR count). The number of rotatable bonds is 2. The zero-order valence-corrected chi connectivity index (χ0v) is 11.5. The molecule has 0 amide bonds. The van der Waals surface area contributed by atoms with Gasteiger partial charge >= 0.3 is 0 Å². The van der Waals surface area contributed by atoms with Gasteiger partial charge in [-0.05, 0) is 18.2 Å². The molecular weight excluding hydrogens is 278 g/mol. The van der Waals surface area contributed by atoms with E-state index in [1.807, 2.05) is 29.6 Å². The molecule has 0 atom stereocenters. The van der Waals surface area contributed by atoms with Gasteiger partial charge in [0.25, 0.3) is 0 Å². The first-order chi connectivity index (χ1) is 9.18. The standard InChI is InChI=1S/C15H10ClNOS/c16-11-5-3-6-12(17)14(11)15(18)10-8-19-13-7-2-1-4-9(10)13/h1-8H,17H2. The van der Waals surface area contributed by atoms with Gasteiger partial charge in [0.15, 0.2) is 5.78 Å². The minimum absolute atomic E-state index is 0.124. The third-order valence-electron chi connectivity index (χ3n) is 3.00. The van der Waals surface area contributed by atoms with Gasteiger partial charge in [0, 0.05) is 26.7 Å². The van der Waals surface area contributed by atoms with Crippen LogP contribution < -0.4 is 5.73 Å². The van der Waals surface area contributed by atoms with Crippen molar-refractivity contribution in [2.75, 3.05) is 5.73 Å². The molecule has 4 heteroatoms. The van der Waals surface area contributed by atoms with E-state index in [0.717, 1.165) is 10.1 Å². The molecule has 0 unspecified atom stereocenters. The lowest BCUT2D eigenvalue weighted by atomic mass is 10.0. The number of benzene rings is 2. The largest absolute Gasteiger partial charge is 0.398 e. The zero-order valence-electron chi connectivity index (χ0n) is 9.89. The molecule has 94 valence electrons. The van der Waals surface area contributed by atoms with Crippen molar-refractivity contribution in [2.24, 2.45) is 0 Å². The molecule has 3 aromatic rings. The highest BCUT2D eigenvalue weighted by Crippen LogP contribution is 2.31. The molecule has 0 aliphatic carbocycles. The van der Waals surface area contributed by atoms with Gasteiger partial charge in [-0.15, -0.1) is 11.3 Å². The summed E-state index contributed by atoms with van der Waals surface area (Å²) in [5.41, 5.74) is 7.32. The fourth-order valence-corrected chi connectivity index (χ4v) is 3.28. The highest BCUT2D eigenvalue weighted by Gasteiger charge is 2.19. The van der Waals surface area contributed by atoms with Crippen LogP contribution in [0.5, 0.6) is 0 Å². The van der Waals surface area contributed by atoms with Crippen molar-refractivity contribution in [3.63, 3.8) is 0 Å². The number of carbonyl (C=O) groups is 1. The van der Waals surface area contributed by atoms with Gasteiger partial charge in [-0.3, -0.25) is 4.79 Å². The monoisotopic (exact) mass is 287 g/mol. The summed E-state index contributed by atoms with van der Waals surface area (Å²) >= 11 is 7.64. The van der Waals surface area contributed by atoms with E-state index < -0.39 is 0 Å². The van der Waals surface area contributed by atoms with E-state index in [-0.39, 0.29) is 5.78 Å². The lowest BCUT2D eigenvalue weighted by Crippen LogP contribution is -2.05. The van der Waals surface area contributed by atoms with Crippen molar-refractivity contribution in [1.29, 1.82) is 0 Å². The minimum atomic E-state index is -0.124. The van der Waals surface area contributed by atoms with Crippen LogP contribution in [0.15, 0.2) is 47.8 Å². The minimum Gasteiger partial charge on any atom is -0.398 e. The number of halogens is 1. The number of fused-ring (bicyclic) bond motifs is 1. The molecule has 1 heterocycles. The quantitative estimate of drug-likeness (QED) is 0.562. The van der Waals surface area contributed by atoms with Crippen molar-refractivity contribution in [3.8, 4) is 0 Å². The predicted octanol–water partition coefficient (Wildman–Crippen LogP) is 4.37. The average molecular weight is 288 g/mol. The third kappa shape index (κ3) is 2.01. The summed E-state index contributed by atoms with van der Waals surface area (Å²) in [6.45, 7) is 0. The van der Waals surface area contributed by atoms with Crippen molar-refractivity contribution < 1.29 is 4.79 Å². The molecule has 0 bridgehead atoms. The summed E-state index contributed by atoms with van der Waals surface area (Å²) in [5.74, 6) is -0.124. The van der Waals surface area contributed by atoms with Crippen molar-refractivity contribution >= 4 is 44.5 Å². The summed E-state index contributed by atoms with van der Waals surface area (Å²) in [5, 5.41) is 3.19. The Hall–Kier alpha value is -1.84. The number of ketones is 1. The predicted molar refractivity (Wildman–Crippen MR) is 81.1 cm³/mol. The SMILES string of the molecule is Nc1cccc(Cl)c1C(=O)c1csc2ccccc12. The normalized spacial score (nSPS) is 10.8. The Kier molecular flexibility index (Phi) is 3.01. The number of anilines is 1. The molecule has 0 radical (unpaired) electrons. The second-order valence-corrected chi connectivity index (χ2v) is 5.50. The van der Waals surface area contributed by atoms with Crippen LogP contribution >= 0.6 is 22.9 Å². The summed E-state index contributed by atoms with van der Waals surface area (Å²) in [7, 11) is 0. The molecule has 0 spiro atoms. The first kappa shape index (κ1) is 12.2. The van der Waals surface area contributed by atoms with E-state index in [4.69, 9.17) is 17.3 Å². The topological polar surface area (TPSA) is 43.1 Å². The van der Waals surface area contributed by atoms with Gasteiger partial charge in [-0.25, -0.2) is 0 Å². The lowest BCUT2D eigenvalue weighted by molar-refractivity contribution is 0.104. The summed E-state index contributed by atoms with van der Waals surface area (Å²) in [4.78, 5) is 12.6. The molecule has 0 fully saturated rings.